The molecule has 0 aliphatic heterocycles. The minimum absolute atomic E-state index is 0.195. The molecule has 43 heavy (non-hydrogen) atoms. The van der Waals surface area contributed by atoms with Gasteiger partial charge in [-0.2, -0.15) is 0 Å². The highest BCUT2D eigenvalue weighted by atomic mass is 31.2. The summed E-state index contributed by atoms with van der Waals surface area (Å²) in [4.78, 5) is 42.3. The average molecular weight is 627 g/mol. The van der Waals surface area contributed by atoms with Gasteiger partial charge in [0.2, 0.25) is 0 Å². The van der Waals surface area contributed by atoms with Gasteiger partial charge in [-0.15, -0.1) is 0 Å². The van der Waals surface area contributed by atoms with Crippen molar-refractivity contribution in [2.24, 2.45) is 0 Å². The standard InChI is InChI=1S/C34H59O8P/c1-3-5-7-9-11-12-13-14-15-16-17-18-19-20-21-22-23-25-27-29-34(36)42-32(31-41-43(37,38)39)30-40-33(35)28-26-24-10-8-6-4-2/h5,7,11-12,14-15,17-18,32H,3-4,6,8-10,13,16,19-31H2,1-2H3,(H2,37,38,39)/b7-5-,12-11-,15-14-,18-17-. The molecule has 0 heterocycles. The first-order valence-electron chi connectivity index (χ1n) is 16.4. The van der Waals surface area contributed by atoms with Gasteiger partial charge in [0.05, 0.1) is 6.61 Å². The molecule has 1 atom stereocenters. The quantitative estimate of drug-likeness (QED) is 0.0365. The summed E-state index contributed by atoms with van der Waals surface area (Å²) in [5.74, 6) is -0.916. The van der Waals surface area contributed by atoms with Gasteiger partial charge >= 0.3 is 19.8 Å². The van der Waals surface area contributed by atoms with E-state index in [4.69, 9.17) is 19.3 Å². The molecule has 0 rings (SSSR count). The SMILES string of the molecule is CC/C=C\C/C=C\C/C=C\C/C=C\CCCCCCCCC(=O)OC(COC(=O)CCCCCCCC)COP(=O)(O)O. The third-order valence-electron chi connectivity index (χ3n) is 6.61. The Labute approximate surface area is 261 Å². The van der Waals surface area contributed by atoms with E-state index < -0.39 is 32.5 Å². The monoisotopic (exact) mass is 626 g/mol. The number of unbranched alkanes of at least 4 members (excludes halogenated alkanes) is 11. The molecule has 8 nitrogen and oxygen atoms in total. The summed E-state index contributed by atoms with van der Waals surface area (Å²) in [6.45, 7) is 3.45. The van der Waals surface area contributed by atoms with Crippen LogP contribution < -0.4 is 0 Å². The Bertz CT molecular complexity index is 843. The number of ether oxygens (including phenoxy) is 2. The largest absolute Gasteiger partial charge is 0.469 e. The molecule has 0 spiro atoms. The van der Waals surface area contributed by atoms with Crippen LogP contribution in [-0.4, -0.2) is 41.0 Å². The van der Waals surface area contributed by atoms with Crippen LogP contribution in [0, 0.1) is 0 Å². The van der Waals surface area contributed by atoms with Gasteiger partial charge in [0.1, 0.15) is 6.61 Å². The number of hydrogen-bond acceptors (Lipinski definition) is 6. The fourth-order valence-corrected chi connectivity index (χ4v) is 4.55. The maximum Gasteiger partial charge on any atom is 0.469 e. The van der Waals surface area contributed by atoms with Crippen LogP contribution >= 0.6 is 7.82 Å². The molecule has 0 radical (unpaired) electrons. The lowest BCUT2D eigenvalue weighted by atomic mass is 10.1. The molecule has 2 N–H and O–H groups in total. The predicted octanol–water partition coefficient (Wildman–Crippen LogP) is 9.23. The molecule has 248 valence electrons. The van der Waals surface area contributed by atoms with Crippen LogP contribution in [-0.2, 0) is 28.2 Å². The van der Waals surface area contributed by atoms with Crippen LogP contribution in [0.1, 0.15) is 136 Å². The van der Waals surface area contributed by atoms with Crippen molar-refractivity contribution in [1.29, 1.82) is 0 Å². The highest BCUT2D eigenvalue weighted by molar-refractivity contribution is 7.46. The Morgan fingerprint density at radius 3 is 1.67 bits per heavy atom. The smallest absolute Gasteiger partial charge is 0.462 e. The Balaban J connectivity index is 3.98. The fourth-order valence-electron chi connectivity index (χ4n) is 4.19. The third kappa shape index (κ3) is 32.8. The molecule has 0 saturated heterocycles. The summed E-state index contributed by atoms with van der Waals surface area (Å²) >= 11 is 0. The van der Waals surface area contributed by atoms with E-state index in [1.165, 1.54) is 6.42 Å². The molecule has 0 aromatic carbocycles. The Morgan fingerprint density at radius 1 is 0.628 bits per heavy atom. The highest BCUT2D eigenvalue weighted by Gasteiger charge is 2.22. The highest BCUT2D eigenvalue weighted by Crippen LogP contribution is 2.35. The van der Waals surface area contributed by atoms with Crippen LogP contribution in [0.5, 0.6) is 0 Å². The van der Waals surface area contributed by atoms with Crippen LogP contribution in [0.2, 0.25) is 0 Å². The molecule has 0 fully saturated rings. The van der Waals surface area contributed by atoms with E-state index >= 15 is 0 Å². The Hall–Kier alpha value is -1.99. The van der Waals surface area contributed by atoms with Crippen molar-refractivity contribution in [3.05, 3.63) is 48.6 Å². The topological polar surface area (TPSA) is 119 Å². The zero-order valence-corrected chi connectivity index (χ0v) is 27.7. The molecule has 0 aliphatic rings. The summed E-state index contributed by atoms with van der Waals surface area (Å²) < 4.78 is 26.1. The number of esters is 2. The minimum Gasteiger partial charge on any atom is -0.462 e. The lowest BCUT2D eigenvalue weighted by molar-refractivity contribution is -0.161. The number of phosphoric acid groups is 1. The van der Waals surface area contributed by atoms with Crippen molar-refractivity contribution in [1.82, 2.24) is 0 Å². The molecule has 0 aromatic heterocycles. The van der Waals surface area contributed by atoms with Crippen molar-refractivity contribution in [3.8, 4) is 0 Å². The Morgan fingerprint density at radius 2 is 1.12 bits per heavy atom. The van der Waals surface area contributed by atoms with E-state index in [2.05, 4.69) is 67.0 Å². The van der Waals surface area contributed by atoms with Gasteiger partial charge in [0.15, 0.2) is 6.10 Å². The van der Waals surface area contributed by atoms with Crippen molar-refractivity contribution in [3.63, 3.8) is 0 Å². The molecule has 1 unspecified atom stereocenters. The summed E-state index contributed by atoms with van der Waals surface area (Å²) in [7, 11) is -4.74. The van der Waals surface area contributed by atoms with E-state index in [0.29, 0.717) is 6.42 Å². The van der Waals surface area contributed by atoms with Gasteiger partial charge in [0.25, 0.3) is 0 Å². The lowest BCUT2D eigenvalue weighted by Gasteiger charge is -2.18. The average Bonchev–Trinajstić information content (AvgIpc) is 2.97. The molecule has 0 aromatic rings. The number of hydrogen-bond donors (Lipinski definition) is 2. The zero-order valence-electron chi connectivity index (χ0n) is 26.8. The van der Waals surface area contributed by atoms with Crippen molar-refractivity contribution in [2.75, 3.05) is 13.2 Å². The number of carbonyl (C=O) groups excluding carboxylic acids is 2. The third-order valence-corrected chi connectivity index (χ3v) is 7.10. The lowest BCUT2D eigenvalue weighted by Crippen LogP contribution is -2.29. The van der Waals surface area contributed by atoms with E-state index in [9.17, 15) is 14.2 Å². The molecule has 0 saturated carbocycles. The van der Waals surface area contributed by atoms with Gasteiger partial charge in [-0.3, -0.25) is 14.1 Å². The second-order valence-electron chi connectivity index (χ2n) is 10.8. The molecule has 0 aliphatic carbocycles. The van der Waals surface area contributed by atoms with Gasteiger partial charge in [0, 0.05) is 12.8 Å². The van der Waals surface area contributed by atoms with Crippen LogP contribution in [0.15, 0.2) is 48.6 Å². The summed E-state index contributed by atoms with van der Waals surface area (Å²) in [6, 6.07) is 0. The molecule has 9 heteroatoms. The van der Waals surface area contributed by atoms with E-state index in [1.54, 1.807) is 0 Å². The zero-order chi connectivity index (χ0) is 31.9. The summed E-state index contributed by atoms with van der Waals surface area (Å²) in [6.07, 6.45) is 34.3. The number of rotatable bonds is 29. The van der Waals surface area contributed by atoms with Crippen molar-refractivity contribution < 1.29 is 37.9 Å². The van der Waals surface area contributed by atoms with Gasteiger partial charge in [-0.05, 0) is 51.4 Å². The first kappa shape index (κ1) is 41.0. The van der Waals surface area contributed by atoms with Gasteiger partial charge in [-0.25, -0.2) is 4.57 Å². The van der Waals surface area contributed by atoms with E-state index in [-0.39, 0.29) is 19.4 Å². The van der Waals surface area contributed by atoms with Gasteiger partial charge < -0.3 is 19.3 Å². The van der Waals surface area contributed by atoms with Crippen LogP contribution in [0.3, 0.4) is 0 Å². The second-order valence-corrected chi connectivity index (χ2v) is 12.0. The number of allylic oxidation sites excluding steroid dienone is 8. The van der Waals surface area contributed by atoms with E-state index in [1.807, 2.05) is 0 Å². The first-order chi connectivity index (χ1) is 20.8. The fraction of sp³-hybridized carbons (Fsp3) is 0.706. The Kier molecular flexibility index (Phi) is 28.7. The molecular formula is C34H59O8P. The second kappa shape index (κ2) is 30.1. The number of phosphoric ester groups is 1. The molecule has 0 bridgehead atoms. The maximum atomic E-state index is 12.3. The van der Waals surface area contributed by atoms with Crippen LogP contribution in [0.4, 0.5) is 0 Å². The first-order valence-corrected chi connectivity index (χ1v) is 18.0. The summed E-state index contributed by atoms with van der Waals surface area (Å²) in [5, 5.41) is 0. The predicted molar refractivity (Wildman–Crippen MR) is 174 cm³/mol. The summed E-state index contributed by atoms with van der Waals surface area (Å²) in [5.41, 5.74) is 0. The van der Waals surface area contributed by atoms with E-state index in [0.717, 1.165) is 96.3 Å². The van der Waals surface area contributed by atoms with Crippen LogP contribution in [0.25, 0.3) is 0 Å². The maximum absolute atomic E-state index is 12.3. The number of carbonyl (C=O) groups is 2. The van der Waals surface area contributed by atoms with Gasteiger partial charge in [-0.1, -0.05) is 120 Å². The van der Waals surface area contributed by atoms with Crippen molar-refractivity contribution >= 4 is 19.8 Å². The normalized spacial score (nSPS) is 13.1. The minimum atomic E-state index is -4.74. The molecular weight excluding hydrogens is 567 g/mol. The van der Waals surface area contributed by atoms with Crippen molar-refractivity contribution in [2.45, 2.75) is 142 Å². The molecule has 0 amide bonds.